The zero-order valence-corrected chi connectivity index (χ0v) is 13.1. The van der Waals surface area contributed by atoms with Gasteiger partial charge in [-0.2, -0.15) is 0 Å². The second kappa shape index (κ2) is 5.69. The van der Waals surface area contributed by atoms with E-state index in [-0.39, 0.29) is 10.0 Å². The molecule has 0 aliphatic rings. The lowest BCUT2D eigenvalue weighted by molar-refractivity contribution is 0.208. The van der Waals surface area contributed by atoms with Gasteiger partial charge in [0.2, 0.25) is 0 Å². The minimum Gasteiger partial charge on any atom is -0.383 e. The van der Waals surface area contributed by atoms with Crippen molar-refractivity contribution >= 4 is 31.9 Å². The molecule has 2 rings (SSSR count). The van der Waals surface area contributed by atoms with Gasteiger partial charge in [-0.25, -0.2) is 8.78 Å². The Hall–Kier alpha value is -0.780. The van der Waals surface area contributed by atoms with Crippen LogP contribution in [0.4, 0.5) is 8.78 Å². The molecule has 0 radical (unpaired) electrons. The Morgan fingerprint density at radius 2 is 1.68 bits per heavy atom. The highest BCUT2D eigenvalue weighted by molar-refractivity contribution is 9.10. The summed E-state index contributed by atoms with van der Waals surface area (Å²) in [6.07, 6.45) is -1.37. The molecule has 1 unspecified atom stereocenters. The van der Waals surface area contributed by atoms with E-state index in [9.17, 15) is 13.9 Å². The van der Waals surface area contributed by atoms with E-state index in [1.54, 1.807) is 12.1 Å². The fraction of sp³-hybridized carbons (Fsp3) is 0.143. The van der Waals surface area contributed by atoms with Crippen LogP contribution >= 0.6 is 31.9 Å². The van der Waals surface area contributed by atoms with Crippen molar-refractivity contribution in [2.24, 2.45) is 0 Å². The van der Waals surface area contributed by atoms with Crippen molar-refractivity contribution in [3.05, 3.63) is 67.6 Å². The molecule has 1 N–H and O–H groups in total. The Morgan fingerprint density at radius 1 is 1.05 bits per heavy atom. The van der Waals surface area contributed by atoms with Crippen molar-refractivity contribution in [2.75, 3.05) is 0 Å². The SMILES string of the molecule is Cc1ccc(Br)c(C(O)c2c(F)ccc(Br)c2F)c1. The lowest BCUT2D eigenvalue weighted by Gasteiger charge is -2.16. The highest BCUT2D eigenvalue weighted by Crippen LogP contribution is 2.34. The monoisotopic (exact) mass is 390 g/mol. The van der Waals surface area contributed by atoms with Gasteiger partial charge in [0.05, 0.1) is 10.0 Å². The molecule has 0 spiro atoms. The first-order valence-corrected chi connectivity index (χ1v) is 7.08. The van der Waals surface area contributed by atoms with Crippen LogP contribution < -0.4 is 0 Å². The third kappa shape index (κ3) is 2.88. The number of hydrogen-bond acceptors (Lipinski definition) is 1. The molecule has 2 aromatic carbocycles. The number of aryl methyl sites for hydroxylation is 1. The third-order valence-corrected chi connectivity index (χ3v) is 4.13. The van der Waals surface area contributed by atoms with E-state index in [0.717, 1.165) is 11.6 Å². The molecule has 0 aromatic heterocycles. The first kappa shape index (κ1) is 14.6. The van der Waals surface area contributed by atoms with Crippen molar-refractivity contribution < 1.29 is 13.9 Å². The molecular formula is C14H10Br2F2O. The summed E-state index contributed by atoms with van der Waals surface area (Å²) in [7, 11) is 0. The summed E-state index contributed by atoms with van der Waals surface area (Å²) >= 11 is 6.27. The molecule has 0 aliphatic carbocycles. The van der Waals surface area contributed by atoms with E-state index in [2.05, 4.69) is 31.9 Å². The standard InChI is InChI=1S/C14H10Br2F2O/c1-7-2-3-9(15)8(6-7)14(19)12-11(17)5-4-10(16)13(12)18/h2-6,14,19H,1H3. The molecular weight excluding hydrogens is 382 g/mol. The van der Waals surface area contributed by atoms with E-state index in [1.165, 1.54) is 6.07 Å². The van der Waals surface area contributed by atoms with Crippen LogP contribution in [0.5, 0.6) is 0 Å². The Kier molecular flexibility index (Phi) is 4.38. The smallest absolute Gasteiger partial charge is 0.146 e. The van der Waals surface area contributed by atoms with E-state index < -0.39 is 17.7 Å². The van der Waals surface area contributed by atoms with Crippen LogP contribution in [-0.2, 0) is 0 Å². The molecule has 0 heterocycles. The largest absolute Gasteiger partial charge is 0.383 e. The van der Waals surface area contributed by atoms with Crippen LogP contribution in [0, 0.1) is 18.6 Å². The molecule has 1 nitrogen and oxygen atoms in total. The van der Waals surface area contributed by atoms with E-state index in [0.29, 0.717) is 10.0 Å². The maximum atomic E-state index is 14.0. The summed E-state index contributed by atoms with van der Waals surface area (Å²) in [6, 6.07) is 7.66. The number of aliphatic hydroxyl groups excluding tert-OH is 1. The Morgan fingerprint density at radius 3 is 2.37 bits per heavy atom. The van der Waals surface area contributed by atoms with Crippen molar-refractivity contribution in [1.82, 2.24) is 0 Å². The highest BCUT2D eigenvalue weighted by Gasteiger charge is 2.23. The Labute approximate surface area is 126 Å². The van der Waals surface area contributed by atoms with Gasteiger partial charge >= 0.3 is 0 Å². The van der Waals surface area contributed by atoms with Gasteiger partial charge in [0.15, 0.2) is 0 Å². The van der Waals surface area contributed by atoms with Crippen LogP contribution in [0.2, 0.25) is 0 Å². The quantitative estimate of drug-likeness (QED) is 0.723. The Bertz CT molecular complexity index is 629. The molecule has 100 valence electrons. The topological polar surface area (TPSA) is 20.2 Å². The molecule has 0 saturated carbocycles. The van der Waals surface area contributed by atoms with Crippen molar-refractivity contribution in [2.45, 2.75) is 13.0 Å². The van der Waals surface area contributed by atoms with Crippen LogP contribution in [-0.4, -0.2) is 5.11 Å². The van der Waals surface area contributed by atoms with E-state index >= 15 is 0 Å². The van der Waals surface area contributed by atoms with Crippen LogP contribution in [0.3, 0.4) is 0 Å². The molecule has 0 saturated heterocycles. The number of aliphatic hydroxyl groups is 1. The van der Waals surface area contributed by atoms with Gasteiger partial charge in [-0.15, -0.1) is 0 Å². The van der Waals surface area contributed by atoms with Crippen molar-refractivity contribution in [1.29, 1.82) is 0 Å². The van der Waals surface area contributed by atoms with Crippen LogP contribution in [0.25, 0.3) is 0 Å². The van der Waals surface area contributed by atoms with Gasteiger partial charge in [-0.05, 0) is 46.6 Å². The summed E-state index contributed by atoms with van der Waals surface area (Å²) in [5.74, 6) is -1.57. The fourth-order valence-electron chi connectivity index (χ4n) is 1.82. The van der Waals surface area contributed by atoms with Gasteiger partial charge in [-0.1, -0.05) is 33.6 Å². The van der Waals surface area contributed by atoms with Crippen LogP contribution in [0.1, 0.15) is 22.8 Å². The minimum absolute atomic E-state index is 0.117. The Balaban J connectivity index is 2.59. The first-order valence-electron chi connectivity index (χ1n) is 5.49. The lowest BCUT2D eigenvalue weighted by atomic mass is 9.99. The number of halogens is 4. The molecule has 0 bridgehead atoms. The predicted octanol–water partition coefficient (Wildman–Crippen LogP) is 4.88. The summed E-state index contributed by atoms with van der Waals surface area (Å²) < 4.78 is 28.4. The zero-order chi connectivity index (χ0) is 14.2. The molecule has 0 aliphatic heterocycles. The maximum Gasteiger partial charge on any atom is 0.146 e. The second-order valence-electron chi connectivity index (χ2n) is 4.18. The maximum absolute atomic E-state index is 14.0. The molecule has 19 heavy (non-hydrogen) atoms. The van der Waals surface area contributed by atoms with Gasteiger partial charge in [0.1, 0.15) is 17.7 Å². The molecule has 0 amide bonds. The predicted molar refractivity (Wildman–Crippen MR) is 77.0 cm³/mol. The van der Waals surface area contributed by atoms with E-state index in [1.807, 2.05) is 13.0 Å². The summed E-state index contributed by atoms with van der Waals surface area (Å²) in [5, 5.41) is 10.3. The third-order valence-electron chi connectivity index (χ3n) is 2.80. The summed E-state index contributed by atoms with van der Waals surface area (Å²) in [6.45, 7) is 1.84. The molecule has 2 aromatic rings. The molecule has 1 atom stereocenters. The number of hydrogen-bond donors (Lipinski definition) is 1. The van der Waals surface area contributed by atoms with Crippen LogP contribution in [0.15, 0.2) is 39.3 Å². The number of rotatable bonds is 2. The fourth-order valence-corrected chi connectivity index (χ4v) is 2.63. The first-order chi connectivity index (χ1) is 8.91. The van der Waals surface area contributed by atoms with E-state index in [4.69, 9.17) is 0 Å². The summed E-state index contributed by atoms with van der Waals surface area (Å²) in [4.78, 5) is 0. The normalized spacial score (nSPS) is 12.5. The second-order valence-corrected chi connectivity index (χ2v) is 5.89. The van der Waals surface area contributed by atoms with Gasteiger partial charge < -0.3 is 5.11 Å². The average Bonchev–Trinajstić information content (AvgIpc) is 2.37. The average molecular weight is 392 g/mol. The summed E-state index contributed by atoms with van der Waals surface area (Å²) in [5.41, 5.74) is 0.963. The van der Waals surface area contributed by atoms with Crippen molar-refractivity contribution in [3.63, 3.8) is 0 Å². The van der Waals surface area contributed by atoms with Crippen molar-refractivity contribution in [3.8, 4) is 0 Å². The highest BCUT2D eigenvalue weighted by atomic mass is 79.9. The number of benzene rings is 2. The van der Waals surface area contributed by atoms with Gasteiger partial charge in [-0.3, -0.25) is 0 Å². The zero-order valence-electron chi connectivity index (χ0n) is 9.92. The lowest BCUT2D eigenvalue weighted by Crippen LogP contribution is -2.07. The van der Waals surface area contributed by atoms with Gasteiger partial charge in [0, 0.05) is 4.47 Å². The molecule has 0 fully saturated rings. The minimum atomic E-state index is -1.37. The van der Waals surface area contributed by atoms with Gasteiger partial charge in [0.25, 0.3) is 0 Å². The molecule has 5 heteroatoms.